The third-order valence-corrected chi connectivity index (χ3v) is 6.47. The zero-order valence-electron chi connectivity index (χ0n) is 16.5. The summed E-state index contributed by atoms with van der Waals surface area (Å²) < 4.78 is 44.2. The van der Waals surface area contributed by atoms with Crippen molar-refractivity contribution in [1.82, 2.24) is 0 Å². The molecule has 0 unspecified atom stereocenters. The average molecular weight is 495 g/mol. The van der Waals surface area contributed by atoms with Crippen LogP contribution in [0.1, 0.15) is 10.4 Å². The van der Waals surface area contributed by atoms with Gasteiger partial charge in [0.15, 0.2) is 11.5 Å². The molecule has 0 radical (unpaired) electrons. The summed E-state index contributed by atoms with van der Waals surface area (Å²) in [6, 6.07) is 13.4. The lowest BCUT2D eigenvalue weighted by molar-refractivity contribution is 0.102. The molecule has 3 aromatic rings. The Morgan fingerprint density at radius 1 is 1.00 bits per heavy atom. The highest BCUT2D eigenvalue weighted by Crippen LogP contribution is 2.35. The van der Waals surface area contributed by atoms with E-state index < -0.39 is 15.9 Å². The Morgan fingerprint density at radius 2 is 1.78 bits per heavy atom. The van der Waals surface area contributed by atoms with E-state index in [1.165, 1.54) is 43.5 Å². The van der Waals surface area contributed by atoms with Crippen LogP contribution in [-0.2, 0) is 10.0 Å². The lowest BCUT2D eigenvalue weighted by Gasteiger charge is -2.14. The molecular formula is C21H16Cl2N2O6S. The minimum absolute atomic E-state index is 0.0512. The molecule has 0 saturated carbocycles. The quantitative estimate of drug-likeness (QED) is 0.510. The van der Waals surface area contributed by atoms with Gasteiger partial charge < -0.3 is 19.5 Å². The number of anilines is 2. The van der Waals surface area contributed by atoms with Gasteiger partial charge in [0.25, 0.3) is 15.9 Å². The first kappa shape index (κ1) is 22.1. The van der Waals surface area contributed by atoms with E-state index in [0.717, 1.165) is 0 Å². The molecular weight excluding hydrogens is 479 g/mol. The number of sulfonamides is 1. The van der Waals surface area contributed by atoms with Gasteiger partial charge in [-0.3, -0.25) is 9.52 Å². The summed E-state index contributed by atoms with van der Waals surface area (Å²) in [6.07, 6.45) is 0. The number of methoxy groups -OCH3 is 1. The number of nitrogens with one attached hydrogen (secondary N) is 2. The fourth-order valence-corrected chi connectivity index (χ4v) is 4.64. The maximum absolute atomic E-state index is 13.1. The molecule has 11 heteroatoms. The smallest absolute Gasteiger partial charge is 0.265 e. The first-order chi connectivity index (χ1) is 15.3. The summed E-state index contributed by atoms with van der Waals surface area (Å²) in [5.41, 5.74) is 0.653. The maximum Gasteiger partial charge on any atom is 0.265 e. The van der Waals surface area contributed by atoms with Crippen molar-refractivity contribution in [2.75, 3.05) is 23.9 Å². The minimum Gasteiger partial charge on any atom is -0.495 e. The molecule has 0 aromatic heterocycles. The fraction of sp³-hybridized carbons (Fsp3) is 0.0952. The monoisotopic (exact) mass is 494 g/mol. The van der Waals surface area contributed by atoms with Gasteiger partial charge in [-0.05, 0) is 48.5 Å². The normalized spacial score (nSPS) is 12.3. The Hall–Kier alpha value is -3.14. The zero-order valence-corrected chi connectivity index (χ0v) is 18.8. The first-order valence-corrected chi connectivity index (χ1v) is 11.4. The lowest BCUT2D eigenvalue weighted by Crippen LogP contribution is -2.17. The standard InChI is InChI=1S/C21H16Cl2N2O6S/c1-29-18-6-2-12(21(26)24-14-4-7-17-19(10-14)31-11-30-17)8-20(18)32(27,28)25-16-9-13(22)3-5-15(16)23/h2-10,25H,11H2,1H3,(H,24,26). The molecule has 2 N–H and O–H groups in total. The molecule has 166 valence electrons. The van der Waals surface area contributed by atoms with Gasteiger partial charge in [0.1, 0.15) is 10.6 Å². The van der Waals surface area contributed by atoms with Crippen LogP contribution in [0.4, 0.5) is 11.4 Å². The van der Waals surface area contributed by atoms with Crippen LogP contribution in [0, 0.1) is 0 Å². The highest BCUT2D eigenvalue weighted by Gasteiger charge is 2.23. The number of carbonyl (C=O) groups is 1. The summed E-state index contributed by atoms with van der Waals surface area (Å²) in [5.74, 6) is 0.606. The van der Waals surface area contributed by atoms with Crippen molar-refractivity contribution in [2.24, 2.45) is 0 Å². The van der Waals surface area contributed by atoms with Gasteiger partial charge in [-0.1, -0.05) is 23.2 Å². The summed E-state index contributed by atoms with van der Waals surface area (Å²) in [4.78, 5) is 12.5. The Kier molecular flexibility index (Phi) is 6.05. The third-order valence-electron chi connectivity index (χ3n) is 4.52. The Bertz CT molecular complexity index is 1310. The summed E-state index contributed by atoms with van der Waals surface area (Å²) in [6.45, 7) is 0.107. The second kappa shape index (κ2) is 8.78. The molecule has 0 fully saturated rings. The van der Waals surface area contributed by atoms with Crippen LogP contribution in [0.25, 0.3) is 0 Å². The van der Waals surface area contributed by atoms with E-state index in [1.54, 1.807) is 18.2 Å². The van der Waals surface area contributed by atoms with Crippen LogP contribution in [0.2, 0.25) is 10.0 Å². The number of halogens is 2. The second-order valence-electron chi connectivity index (χ2n) is 6.62. The van der Waals surface area contributed by atoms with E-state index >= 15 is 0 Å². The van der Waals surface area contributed by atoms with Gasteiger partial charge in [0.05, 0.1) is 17.8 Å². The minimum atomic E-state index is -4.17. The van der Waals surface area contributed by atoms with Gasteiger partial charge in [0.2, 0.25) is 6.79 Å². The molecule has 1 aliphatic rings. The summed E-state index contributed by atoms with van der Waals surface area (Å²) >= 11 is 12.0. The zero-order chi connectivity index (χ0) is 22.9. The molecule has 8 nitrogen and oxygen atoms in total. The Labute approximate surface area is 194 Å². The number of fused-ring (bicyclic) bond motifs is 1. The van der Waals surface area contributed by atoms with Crippen LogP contribution in [0.15, 0.2) is 59.5 Å². The lowest BCUT2D eigenvalue weighted by atomic mass is 10.2. The third kappa shape index (κ3) is 4.55. The van der Waals surface area contributed by atoms with Crippen molar-refractivity contribution in [1.29, 1.82) is 0 Å². The highest BCUT2D eigenvalue weighted by atomic mass is 35.5. The van der Waals surface area contributed by atoms with Crippen molar-refractivity contribution in [3.05, 3.63) is 70.2 Å². The molecule has 1 amide bonds. The van der Waals surface area contributed by atoms with E-state index in [9.17, 15) is 13.2 Å². The molecule has 0 atom stereocenters. The van der Waals surface area contributed by atoms with Crippen LogP contribution < -0.4 is 24.2 Å². The van der Waals surface area contributed by atoms with Crippen molar-refractivity contribution in [3.8, 4) is 17.2 Å². The van der Waals surface area contributed by atoms with E-state index in [2.05, 4.69) is 10.0 Å². The SMILES string of the molecule is COc1ccc(C(=O)Nc2ccc3c(c2)OCO3)cc1S(=O)(=O)Nc1cc(Cl)ccc1Cl. The number of rotatable bonds is 6. The van der Waals surface area contributed by atoms with Gasteiger partial charge in [-0.25, -0.2) is 8.42 Å². The van der Waals surface area contributed by atoms with Crippen LogP contribution in [-0.4, -0.2) is 28.2 Å². The molecule has 0 saturated heterocycles. The second-order valence-corrected chi connectivity index (χ2v) is 9.11. The average Bonchev–Trinajstić information content (AvgIpc) is 3.23. The molecule has 4 rings (SSSR count). The molecule has 32 heavy (non-hydrogen) atoms. The molecule has 1 heterocycles. The van der Waals surface area contributed by atoms with E-state index in [-0.39, 0.29) is 33.7 Å². The number of amides is 1. The van der Waals surface area contributed by atoms with E-state index in [0.29, 0.717) is 22.2 Å². The summed E-state index contributed by atoms with van der Waals surface area (Å²) in [5, 5.41) is 3.16. The molecule has 3 aromatic carbocycles. The predicted molar refractivity (Wildman–Crippen MR) is 121 cm³/mol. The highest BCUT2D eigenvalue weighted by molar-refractivity contribution is 7.92. The molecule has 0 bridgehead atoms. The molecule has 0 spiro atoms. The number of benzene rings is 3. The largest absolute Gasteiger partial charge is 0.495 e. The van der Waals surface area contributed by atoms with Crippen molar-refractivity contribution in [3.63, 3.8) is 0 Å². The fourth-order valence-electron chi connectivity index (χ4n) is 2.98. The van der Waals surface area contributed by atoms with Crippen LogP contribution in [0.5, 0.6) is 17.2 Å². The number of hydrogen-bond donors (Lipinski definition) is 2. The number of carbonyl (C=O) groups excluding carboxylic acids is 1. The maximum atomic E-state index is 13.1. The van der Waals surface area contributed by atoms with Crippen LogP contribution >= 0.6 is 23.2 Å². The Balaban J connectivity index is 1.63. The summed E-state index contributed by atoms with van der Waals surface area (Å²) in [7, 11) is -2.84. The first-order valence-electron chi connectivity index (χ1n) is 9.14. The number of hydrogen-bond acceptors (Lipinski definition) is 6. The van der Waals surface area contributed by atoms with Crippen molar-refractivity contribution >= 4 is 50.5 Å². The molecule has 0 aliphatic carbocycles. The molecule has 1 aliphatic heterocycles. The van der Waals surface area contributed by atoms with Gasteiger partial charge in [-0.2, -0.15) is 0 Å². The van der Waals surface area contributed by atoms with E-state index in [4.69, 9.17) is 37.4 Å². The van der Waals surface area contributed by atoms with Gasteiger partial charge >= 0.3 is 0 Å². The van der Waals surface area contributed by atoms with Gasteiger partial charge in [0, 0.05) is 22.3 Å². The predicted octanol–water partition coefficient (Wildman–Crippen LogP) is 4.78. The van der Waals surface area contributed by atoms with Crippen molar-refractivity contribution in [2.45, 2.75) is 4.90 Å². The van der Waals surface area contributed by atoms with Crippen LogP contribution in [0.3, 0.4) is 0 Å². The van der Waals surface area contributed by atoms with Gasteiger partial charge in [-0.15, -0.1) is 0 Å². The van der Waals surface area contributed by atoms with E-state index in [1.807, 2.05) is 0 Å². The van der Waals surface area contributed by atoms with Crippen molar-refractivity contribution < 1.29 is 27.4 Å². The number of ether oxygens (including phenoxy) is 3. The Morgan fingerprint density at radius 3 is 2.56 bits per heavy atom. The topological polar surface area (TPSA) is 103 Å².